The molecule has 0 radical (unpaired) electrons. The molecule has 3 aromatic rings. The first-order valence-corrected chi connectivity index (χ1v) is 7.58. The summed E-state index contributed by atoms with van der Waals surface area (Å²) in [7, 11) is 0. The van der Waals surface area contributed by atoms with Crippen LogP contribution in [0.15, 0.2) is 42.9 Å². The van der Waals surface area contributed by atoms with Crippen molar-refractivity contribution in [2.75, 3.05) is 29.9 Å². The third-order valence-corrected chi connectivity index (χ3v) is 4.21. The van der Waals surface area contributed by atoms with Crippen LogP contribution in [0.2, 0.25) is 0 Å². The minimum absolute atomic E-state index is 0.622. The van der Waals surface area contributed by atoms with Gasteiger partial charge in [0.1, 0.15) is 12.1 Å². The first-order chi connectivity index (χ1) is 10.9. The molecule has 6 nitrogen and oxygen atoms in total. The van der Waals surface area contributed by atoms with Crippen LogP contribution in [0.25, 0.3) is 11.0 Å². The molecule has 3 heterocycles. The number of para-hydroxylation sites is 1. The maximum Gasteiger partial charge on any atom is 0.160 e. The summed E-state index contributed by atoms with van der Waals surface area (Å²) in [5.41, 5.74) is 2.08. The molecule has 2 aromatic heterocycles. The minimum atomic E-state index is 0.622. The number of benzene rings is 1. The first kappa shape index (κ1) is 13.1. The number of hydrogen-bond acceptors (Lipinski definition) is 5. The molecule has 0 aliphatic carbocycles. The van der Waals surface area contributed by atoms with Crippen molar-refractivity contribution in [2.45, 2.75) is 6.42 Å². The Morgan fingerprint density at radius 3 is 3.05 bits per heavy atom. The highest BCUT2D eigenvalue weighted by molar-refractivity contribution is 5.85. The number of rotatable bonds is 4. The van der Waals surface area contributed by atoms with Gasteiger partial charge in [-0.25, -0.2) is 9.97 Å². The molecule has 112 valence electrons. The Labute approximate surface area is 128 Å². The van der Waals surface area contributed by atoms with Crippen molar-refractivity contribution in [3.05, 3.63) is 42.9 Å². The standard InChI is InChI=1S/C16H18N6/c1-2-4-13(5-3-1)22-7-6-12(10-22)8-17-15-14-9-20-21-16(14)19-11-18-15/h1-5,9,11-12H,6-8,10H2,(H2,17,18,19,20,21)/t12-/m1/s1. The smallest absolute Gasteiger partial charge is 0.160 e. The average Bonchev–Trinajstić information content (AvgIpc) is 3.23. The summed E-state index contributed by atoms with van der Waals surface area (Å²) >= 11 is 0. The third-order valence-electron chi connectivity index (χ3n) is 4.21. The van der Waals surface area contributed by atoms with Gasteiger partial charge in [-0.05, 0) is 24.5 Å². The van der Waals surface area contributed by atoms with E-state index in [1.807, 2.05) is 0 Å². The largest absolute Gasteiger partial charge is 0.371 e. The van der Waals surface area contributed by atoms with Crippen LogP contribution >= 0.6 is 0 Å². The van der Waals surface area contributed by atoms with Gasteiger partial charge >= 0.3 is 0 Å². The van der Waals surface area contributed by atoms with Gasteiger partial charge in [0.15, 0.2) is 5.65 Å². The van der Waals surface area contributed by atoms with E-state index in [1.165, 1.54) is 12.1 Å². The Morgan fingerprint density at radius 2 is 2.14 bits per heavy atom. The third kappa shape index (κ3) is 2.47. The number of aromatic nitrogens is 4. The second-order valence-electron chi connectivity index (χ2n) is 5.67. The van der Waals surface area contributed by atoms with Crippen LogP contribution in [-0.2, 0) is 0 Å². The Balaban J connectivity index is 1.40. The van der Waals surface area contributed by atoms with Gasteiger partial charge in [0.05, 0.1) is 11.6 Å². The lowest BCUT2D eigenvalue weighted by Gasteiger charge is -2.18. The fraction of sp³-hybridized carbons (Fsp3) is 0.312. The molecule has 0 spiro atoms. The topological polar surface area (TPSA) is 69.7 Å². The molecular weight excluding hydrogens is 276 g/mol. The zero-order valence-corrected chi connectivity index (χ0v) is 12.2. The lowest BCUT2D eigenvalue weighted by molar-refractivity contribution is 0.621. The summed E-state index contributed by atoms with van der Waals surface area (Å²) in [5, 5.41) is 11.3. The zero-order chi connectivity index (χ0) is 14.8. The van der Waals surface area contributed by atoms with E-state index in [4.69, 9.17) is 0 Å². The predicted octanol–water partition coefficient (Wildman–Crippen LogP) is 2.29. The molecule has 1 aliphatic heterocycles. The molecule has 1 fully saturated rings. The van der Waals surface area contributed by atoms with E-state index >= 15 is 0 Å². The second-order valence-corrected chi connectivity index (χ2v) is 5.67. The number of aromatic amines is 1. The Morgan fingerprint density at radius 1 is 1.23 bits per heavy atom. The predicted molar refractivity (Wildman–Crippen MR) is 86.9 cm³/mol. The number of hydrogen-bond donors (Lipinski definition) is 2. The molecule has 6 heteroatoms. The van der Waals surface area contributed by atoms with Gasteiger partial charge in [-0.1, -0.05) is 18.2 Å². The van der Waals surface area contributed by atoms with Crippen LogP contribution in [0.3, 0.4) is 0 Å². The molecule has 4 rings (SSSR count). The van der Waals surface area contributed by atoms with E-state index in [1.54, 1.807) is 12.5 Å². The van der Waals surface area contributed by atoms with Crippen molar-refractivity contribution in [3.8, 4) is 0 Å². The van der Waals surface area contributed by atoms with Gasteiger partial charge in [-0.2, -0.15) is 5.10 Å². The van der Waals surface area contributed by atoms with Crippen LogP contribution in [0.1, 0.15) is 6.42 Å². The number of nitrogens with one attached hydrogen (secondary N) is 2. The van der Waals surface area contributed by atoms with E-state index in [9.17, 15) is 0 Å². The molecule has 0 amide bonds. The summed E-state index contributed by atoms with van der Waals surface area (Å²) < 4.78 is 0. The number of anilines is 2. The summed E-state index contributed by atoms with van der Waals surface area (Å²) in [6, 6.07) is 10.6. The Kier molecular flexibility index (Phi) is 3.34. The van der Waals surface area contributed by atoms with E-state index in [2.05, 4.69) is 60.7 Å². The highest BCUT2D eigenvalue weighted by Gasteiger charge is 2.22. The first-order valence-electron chi connectivity index (χ1n) is 7.58. The number of H-pyrrole nitrogens is 1. The van der Waals surface area contributed by atoms with E-state index in [0.717, 1.165) is 36.5 Å². The van der Waals surface area contributed by atoms with Crippen LogP contribution in [0.5, 0.6) is 0 Å². The van der Waals surface area contributed by atoms with Crippen LogP contribution < -0.4 is 10.2 Å². The van der Waals surface area contributed by atoms with Crippen molar-refractivity contribution >= 4 is 22.5 Å². The van der Waals surface area contributed by atoms with Crippen molar-refractivity contribution in [1.29, 1.82) is 0 Å². The normalized spacial score (nSPS) is 18.0. The zero-order valence-electron chi connectivity index (χ0n) is 12.2. The van der Waals surface area contributed by atoms with Gasteiger partial charge in [-0.3, -0.25) is 5.10 Å². The van der Waals surface area contributed by atoms with Gasteiger partial charge < -0.3 is 10.2 Å². The van der Waals surface area contributed by atoms with Crippen molar-refractivity contribution < 1.29 is 0 Å². The minimum Gasteiger partial charge on any atom is -0.371 e. The summed E-state index contributed by atoms with van der Waals surface area (Å²) in [6.45, 7) is 3.11. The summed E-state index contributed by atoms with van der Waals surface area (Å²) in [6.07, 6.45) is 4.53. The van der Waals surface area contributed by atoms with Gasteiger partial charge in [0.2, 0.25) is 0 Å². The maximum atomic E-state index is 4.32. The quantitative estimate of drug-likeness (QED) is 0.772. The number of fused-ring (bicyclic) bond motifs is 1. The van der Waals surface area contributed by atoms with Crippen molar-refractivity contribution in [1.82, 2.24) is 20.2 Å². The summed E-state index contributed by atoms with van der Waals surface area (Å²) in [5.74, 6) is 1.48. The molecule has 22 heavy (non-hydrogen) atoms. The molecule has 0 unspecified atom stereocenters. The van der Waals surface area contributed by atoms with E-state index in [0.29, 0.717) is 5.92 Å². The Bertz CT molecular complexity index is 753. The lowest BCUT2D eigenvalue weighted by atomic mass is 10.1. The summed E-state index contributed by atoms with van der Waals surface area (Å²) in [4.78, 5) is 10.9. The molecule has 1 aromatic carbocycles. The van der Waals surface area contributed by atoms with Crippen LogP contribution in [0.4, 0.5) is 11.5 Å². The average molecular weight is 294 g/mol. The van der Waals surface area contributed by atoms with Crippen molar-refractivity contribution in [3.63, 3.8) is 0 Å². The van der Waals surface area contributed by atoms with Gasteiger partial charge in [0, 0.05) is 25.3 Å². The highest BCUT2D eigenvalue weighted by Crippen LogP contribution is 2.24. The number of nitrogens with zero attached hydrogens (tertiary/aromatic N) is 4. The fourth-order valence-electron chi connectivity index (χ4n) is 3.02. The highest BCUT2D eigenvalue weighted by atomic mass is 15.2. The monoisotopic (exact) mass is 294 g/mol. The van der Waals surface area contributed by atoms with Crippen molar-refractivity contribution in [2.24, 2.45) is 5.92 Å². The SMILES string of the molecule is c1ccc(N2CC[C@H](CNc3ncnc4[nH]ncc34)C2)cc1. The maximum absolute atomic E-state index is 4.32. The molecule has 1 atom stereocenters. The molecular formula is C16H18N6. The fourth-order valence-corrected chi connectivity index (χ4v) is 3.02. The molecule has 2 N–H and O–H groups in total. The van der Waals surface area contributed by atoms with Crippen LogP contribution in [0, 0.1) is 5.92 Å². The molecule has 0 saturated carbocycles. The Hall–Kier alpha value is -2.63. The molecule has 1 saturated heterocycles. The second kappa shape index (κ2) is 5.63. The van der Waals surface area contributed by atoms with E-state index in [-0.39, 0.29) is 0 Å². The van der Waals surface area contributed by atoms with Gasteiger partial charge in [-0.15, -0.1) is 0 Å². The lowest BCUT2D eigenvalue weighted by Crippen LogP contribution is -2.22. The van der Waals surface area contributed by atoms with Crippen LogP contribution in [-0.4, -0.2) is 39.8 Å². The molecule has 0 bridgehead atoms. The molecule has 1 aliphatic rings. The van der Waals surface area contributed by atoms with E-state index < -0.39 is 0 Å². The van der Waals surface area contributed by atoms with Gasteiger partial charge in [0.25, 0.3) is 0 Å².